The number of quaternary nitrogens is 1. The summed E-state index contributed by atoms with van der Waals surface area (Å²) in [6.45, 7) is 6.43. The second-order valence-corrected chi connectivity index (χ2v) is 14.6. The third-order valence-electron chi connectivity index (χ3n) is 11.1. The maximum absolute atomic E-state index is 12.6. The van der Waals surface area contributed by atoms with Gasteiger partial charge in [-0.15, -0.1) is 0 Å². The highest BCUT2D eigenvalue weighted by atomic mass is 16.5. The molecule has 0 radical (unpaired) electrons. The minimum atomic E-state index is -0.660. The van der Waals surface area contributed by atoms with E-state index in [1.165, 1.54) is 35.6 Å². The molecule has 0 saturated heterocycles. The summed E-state index contributed by atoms with van der Waals surface area (Å²) in [5.41, 5.74) is 5.03. The predicted octanol–water partition coefficient (Wildman–Crippen LogP) is 4.34. The molecule has 1 aromatic rings. The van der Waals surface area contributed by atoms with Crippen molar-refractivity contribution in [2.45, 2.75) is 77.4 Å². The van der Waals surface area contributed by atoms with Gasteiger partial charge in [0.1, 0.15) is 18.8 Å². The van der Waals surface area contributed by atoms with Gasteiger partial charge in [-0.1, -0.05) is 49.8 Å². The zero-order valence-corrected chi connectivity index (χ0v) is 24.6. The second kappa shape index (κ2) is 9.69. The van der Waals surface area contributed by atoms with E-state index in [4.69, 9.17) is 9.73 Å². The molecule has 5 aliphatic rings. The predicted molar refractivity (Wildman–Crippen MR) is 154 cm³/mol. The summed E-state index contributed by atoms with van der Waals surface area (Å²) in [6.07, 6.45) is 12.2. The maximum atomic E-state index is 12.6. The van der Waals surface area contributed by atoms with Gasteiger partial charge >= 0.3 is 5.97 Å². The highest BCUT2D eigenvalue weighted by Gasteiger charge is 2.57. The minimum absolute atomic E-state index is 0.0547. The van der Waals surface area contributed by atoms with E-state index in [2.05, 4.69) is 50.3 Å². The number of aliphatic hydroxyl groups is 1. The van der Waals surface area contributed by atoms with Crippen LogP contribution in [0, 0.1) is 28.6 Å². The van der Waals surface area contributed by atoms with E-state index in [1.807, 2.05) is 21.1 Å². The van der Waals surface area contributed by atoms with Gasteiger partial charge in [-0.2, -0.15) is 0 Å². The lowest BCUT2D eigenvalue weighted by Gasteiger charge is -2.58. The molecule has 6 rings (SSSR count). The van der Waals surface area contributed by atoms with Crippen molar-refractivity contribution < 1.29 is 19.1 Å². The summed E-state index contributed by atoms with van der Waals surface area (Å²) < 4.78 is 6.55. The lowest BCUT2D eigenvalue weighted by atomic mass is 9.47. The van der Waals surface area contributed by atoms with Crippen molar-refractivity contribution in [1.29, 1.82) is 0 Å². The molecule has 2 fully saturated rings. The van der Waals surface area contributed by atoms with Crippen LogP contribution in [0.4, 0.5) is 0 Å². The third-order valence-corrected chi connectivity index (χ3v) is 11.1. The molecule has 39 heavy (non-hydrogen) atoms. The molecule has 4 unspecified atom stereocenters. The molecule has 210 valence electrons. The summed E-state index contributed by atoms with van der Waals surface area (Å²) >= 11 is 0. The Bertz CT molecular complexity index is 1340. The van der Waals surface area contributed by atoms with Crippen LogP contribution in [0.5, 0.6) is 0 Å². The van der Waals surface area contributed by atoms with Crippen molar-refractivity contribution in [3.05, 3.63) is 58.1 Å². The monoisotopic (exact) mass is 531 g/mol. The molecule has 1 aliphatic heterocycles. The summed E-state index contributed by atoms with van der Waals surface area (Å²) in [5.74, 6) is 1.86. The molecule has 1 N–H and O–H groups in total. The number of esters is 1. The Kier molecular flexibility index (Phi) is 6.70. The molecule has 5 nitrogen and oxygen atoms in total. The van der Waals surface area contributed by atoms with Gasteiger partial charge in [-0.25, -0.2) is 0 Å². The quantitative estimate of drug-likeness (QED) is 0.338. The standard InChI is InChI=1S/C34H47N2O3/c1-33-16-14-24(39-32(38)19-23(37)21-36(3,4)5)18-22(33)10-11-26-28-12-13-29(34(28,2)17-15-30(26)33)27-20-35-31-9-7-6-8-25(27)31/h6-10,13,23-24,26,28,30,37H,11-12,14-21H2,1-5H3/q+1/t23?,24-,26?,28?,30?,33-,34-/m0/s1. The molecule has 4 aliphatic carbocycles. The summed E-state index contributed by atoms with van der Waals surface area (Å²) in [4.78, 5) is 17.5. The molecule has 7 atom stereocenters. The number of aliphatic hydroxyl groups excluding tert-OH is 1. The average molecular weight is 532 g/mol. The molecule has 1 aromatic carbocycles. The van der Waals surface area contributed by atoms with Gasteiger partial charge in [0, 0.05) is 11.6 Å². The number of nitrogens with zero attached hydrogens (tertiary/aromatic N) is 2. The summed E-state index contributed by atoms with van der Waals surface area (Å²) in [5, 5.41) is 12.8. The number of carbonyl (C=O) groups excluding carboxylic acids is 1. The number of rotatable bonds is 6. The van der Waals surface area contributed by atoms with E-state index in [1.54, 1.807) is 5.57 Å². The van der Waals surface area contributed by atoms with Gasteiger partial charge in [0.15, 0.2) is 0 Å². The number of hydrogen-bond donors (Lipinski definition) is 1. The summed E-state index contributed by atoms with van der Waals surface area (Å²) in [6, 6.07) is 8.67. The molecular formula is C34H47N2O3+. The van der Waals surface area contributed by atoms with Gasteiger partial charge in [0.25, 0.3) is 0 Å². The first-order chi connectivity index (χ1) is 18.5. The van der Waals surface area contributed by atoms with Gasteiger partial charge in [0.2, 0.25) is 0 Å². The van der Waals surface area contributed by atoms with Gasteiger partial charge in [-0.3, -0.25) is 9.79 Å². The SMILES string of the molecule is C[C@]12CC[C@H](OC(=O)CC(O)C[N+](C)(C)C)CC1=CCC1C2CC[C@]2(C)C(C3=c4ccccc4=NC3)=CCC12. The van der Waals surface area contributed by atoms with Crippen LogP contribution in [0.25, 0.3) is 5.57 Å². The van der Waals surface area contributed by atoms with Gasteiger partial charge < -0.3 is 14.3 Å². The lowest BCUT2D eigenvalue weighted by Crippen LogP contribution is -2.50. The van der Waals surface area contributed by atoms with Crippen LogP contribution in [0.3, 0.4) is 0 Å². The number of allylic oxidation sites excluding steroid dienone is 2. The highest BCUT2D eigenvalue weighted by molar-refractivity contribution is 5.71. The zero-order valence-electron chi connectivity index (χ0n) is 24.6. The molecule has 5 heteroatoms. The van der Waals surface area contributed by atoms with Gasteiger partial charge in [-0.05, 0) is 84.3 Å². The van der Waals surface area contributed by atoms with Crippen LogP contribution < -0.4 is 10.6 Å². The number of ether oxygens (including phenoxy) is 1. The molecule has 1 heterocycles. The van der Waals surface area contributed by atoms with Crippen molar-refractivity contribution in [2.75, 3.05) is 34.2 Å². The molecule has 0 spiro atoms. The molecule has 0 amide bonds. The molecule has 2 saturated carbocycles. The first kappa shape index (κ1) is 27.0. The van der Waals surface area contributed by atoms with Crippen molar-refractivity contribution in [2.24, 2.45) is 33.6 Å². The number of fused-ring (bicyclic) bond motifs is 6. The van der Waals surface area contributed by atoms with Crippen molar-refractivity contribution >= 4 is 11.5 Å². The van der Waals surface area contributed by atoms with E-state index in [9.17, 15) is 9.90 Å². The first-order valence-electron chi connectivity index (χ1n) is 15.2. The zero-order chi connectivity index (χ0) is 27.6. The lowest BCUT2D eigenvalue weighted by molar-refractivity contribution is -0.873. The van der Waals surface area contributed by atoms with Crippen molar-refractivity contribution in [3.63, 3.8) is 0 Å². The number of para-hydroxylation sites is 1. The van der Waals surface area contributed by atoms with Crippen LogP contribution in [0.1, 0.15) is 65.2 Å². The highest BCUT2D eigenvalue weighted by Crippen LogP contribution is 2.65. The fourth-order valence-electron chi connectivity index (χ4n) is 9.23. The second-order valence-electron chi connectivity index (χ2n) is 14.6. The van der Waals surface area contributed by atoms with E-state index in [-0.39, 0.29) is 29.3 Å². The largest absolute Gasteiger partial charge is 0.462 e. The normalized spacial score (nSPS) is 36.0. The molecule has 0 aromatic heterocycles. The van der Waals surface area contributed by atoms with Gasteiger partial charge in [0.05, 0.1) is 39.5 Å². The van der Waals surface area contributed by atoms with Crippen LogP contribution >= 0.6 is 0 Å². The Morgan fingerprint density at radius 1 is 1.08 bits per heavy atom. The summed E-state index contributed by atoms with van der Waals surface area (Å²) in [7, 11) is 6.08. The Hall–Kier alpha value is -2.24. The van der Waals surface area contributed by atoms with Crippen molar-refractivity contribution in [3.8, 4) is 0 Å². The Labute approximate surface area is 233 Å². The average Bonchev–Trinajstić information content (AvgIpc) is 3.43. The first-order valence-corrected chi connectivity index (χ1v) is 15.2. The van der Waals surface area contributed by atoms with E-state index in [0.717, 1.165) is 37.6 Å². The van der Waals surface area contributed by atoms with Crippen LogP contribution in [-0.4, -0.2) is 62.0 Å². The minimum Gasteiger partial charge on any atom is -0.462 e. The molecule has 0 bridgehead atoms. The van der Waals surface area contributed by atoms with E-state index in [0.29, 0.717) is 28.8 Å². The Balaban J connectivity index is 1.15. The van der Waals surface area contributed by atoms with Crippen molar-refractivity contribution in [1.82, 2.24) is 0 Å². The van der Waals surface area contributed by atoms with E-state index >= 15 is 0 Å². The fourth-order valence-corrected chi connectivity index (χ4v) is 9.23. The number of benzene rings is 1. The Morgan fingerprint density at radius 2 is 1.85 bits per heavy atom. The van der Waals surface area contributed by atoms with E-state index < -0.39 is 6.10 Å². The van der Waals surface area contributed by atoms with Crippen LogP contribution in [-0.2, 0) is 9.53 Å². The smallest absolute Gasteiger partial charge is 0.308 e. The van der Waals surface area contributed by atoms with Crippen LogP contribution in [0.2, 0.25) is 0 Å². The fraction of sp³-hybridized carbons (Fsp3) is 0.647. The maximum Gasteiger partial charge on any atom is 0.308 e. The number of hydrogen-bond acceptors (Lipinski definition) is 4. The molecular weight excluding hydrogens is 484 g/mol. The number of likely N-dealkylation sites (N-methyl/N-ethyl adjacent to an activating group) is 1. The Morgan fingerprint density at radius 3 is 2.64 bits per heavy atom. The number of carbonyl (C=O) groups is 1. The van der Waals surface area contributed by atoms with Crippen LogP contribution in [0.15, 0.2) is 52.6 Å². The topological polar surface area (TPSA) is 58.9 Å². The third kappa shape index (κ3) is 4.74.